The Balaban J connectivity index is 1.45. The van der Waals surface area contributed by atoms with E-state index in [9.17, 15) is 13.2 Å². The zero-order valence-electron chi connectivity index (χ0n) is 20.6. The van der Waals surface area contributed by atoms with Crippen LogP contribution in [0.2, 0.25) is 15.1 Å². The summed E-state index contributed by atoms with van der Waals surface area (Å²) in [6.45, 7) is -0.0821. The van der Waals surface area contributed by atoms with Gasteiger partial charge in [-0.15, -0.1) is 0 Å². The maximum absolute atomic E-state index is 12.9. The van der Waals surface area contributed by atoms with Gasteiger partial charge in [0.25, 0.3) is 0 Å². The van der Waals surface area contributed by atoms with Gasteiger partial charge in [0, 0.05) is 30.7 Å². The van der Waals surface area contributed by atoms with Gasteiger partial charge in [0.2, 0.25) is 15.9 Å². The average Bonchev–Trinajstić information content (AvgIpc) is 3.23. The normalized spacial score (nSPS) is 19.1. The molecule has 198 valence electrons. The van der Waals surface area contributed by atoms with Crippen LogP contribution in [0.25, 0.3) is 0 Å². The van der Waals surface area contributed by atoms with Crippen molar-refractivity contribution in [3.05, 3.63) is 63.1 Å². The molecule has 3 atom stereocenters. The zero-order valence-corrected chi connectivity index (χ0v) is 23.7. The fourth-order valence-electron chi connectivity index (χ4n) is 4.76. The second-order valence-corrected chi connectivity index (χ2v) is 12.5. The summed E-state index contributed by atoms with van der Waals surface area (Å²) in [7, 11) is 1.61. The van der Waals surface area contributed by atoms with E-state index in [4.69, 9.17) is 39.5 Å². The van der Waals surface area contributed by atoms with Crippen LogP contribution in [0, 0.1) is 5.92 Å². The second kappa shape index (κ2) is 12.9. The molecular weight excluding hydrogens is 545 g/mol. The van der Waals surface area contributed by atoms with Crippen LogP contribution in [-0.4, -0.2) is 70.5 Å². The predicted molar refractivity (Wildman–Crippen MR) is 144 cm³/mol. The van der Waals surface area contributed by atoms with Crippen molar-refractivity contribution in [1.82, 2.24) is 14.5 Å². The van der Waals surface area contributed by atoms with Gasteiger partial charge < -0.3 is 15.0 Å². The Morgan fingerprint density at radius 3 is 2.33 bits per heavy atom. The molecule has 1 saturated carbocycles. The van der Waals surface area contributed by atoms with E-state index in [0.29, 0.717) is 12.0 Å². The van der Waals surface area contributed by atoms with Crippen molar-refractivity contribution in [3.8, 4) is 0 Å². The number of amides is 1. The molecule has 1 amide bonds. The molecule has 2 aromatic carbocycles. The summed E-state index contributed by atoms with van der Waals surface area (Å²) >= 11 is 18.0. The summed E-state index contributed by atoms with van der Waals surface area (Å²) in [6.07, 6.45) is 2.84. The largest absolute Gasteiger partial charge is 0.370 e. The molecule has 1 N–H and O–H groups in total. The molecular formula is C25H32Cl3N3O4S. The molecule has 0 aromatic heterocycles. The third-order valence-corrected chi connectivity index (χ3v) is 9.39. The van der Waals surface area contributed by atoms with Gasteiger partial charge in [0.1, 0.15) is 11.5 Å². The Labute approximate surface area is 228 Å². The van der Waals surface area contributed by atoms with E-state index in [0.717, 1.165) is 23.6 Å². The van der Waals surface area contributed by atoms with E-state index >= 15 is 0 Å². The number of carbonyl (C=O) groups is 1. The minimum Gasteiger partial charge on any atom is -0.370 e. The van der Waals surface area contributed by atoms with E-state index < -0.39 is 10.0 Å². The summed E-state index contributed by atoms with van der Waals surface area (Å²) in [4.78, 5) is 14.5. The maximum atomic E-state index is 12.9. The molecule has 0 saturated heterocycles. The number of sulfonamides is 1. The minimum absolute atomic E-state index is 0.0258. The van der Waals surface area contributed by atoms with Gasteiger partial charge >= 0.3 is 0 Å². The Morgan fingerprint density at radius 2 is 1.72 bits per heavy atom. The maximum Gasteiger partial charge on any atom is 0.246 e. The molecule has 3 unspecified atom stereocenters. The van der Waals surface area contributed by atoms with Crippen molar-refractivity contribution in [2.45, 2.75) is 36.2 Å². The number of benzene rings is 2. The number of nitrogens with zero attached hydrogens (tertiary/aromatic N) is 2. The third-order valence-electron chi connectivity index (χ3n) is 6.40. The molecule has 0 bridgehead atoms. The highest BCUT2D eigenvalue weighted by atomic mass is 35.5. The Kier molecular flexibility index (Phi) is 10.5. The third kappa shape index (κ3) is 7.34. The van der Waals surface area contributed by atoms with E-state index in [1.54, 1.807) is 0 Å². The van der Waals surface area contributed by atoms with Crippen LogP contribution < -0.4 is 5.32 Å². The SMILES string of the molecule is CN(C)C(c1ccccc1)C1CCC(NC(=O)COCCN(C)S(=O)(=O)c2c(Cl)cc(Cl)cc2Cl)C1. The van der Waals surface area contributed by atoms with Crippen LogP contribution >= 0.6 is 34.8 Å². The lowest BCUT2D eigenvalue weighted by atomic mass is 9.90. The first-order valence-electron chi connectivity index (χ1n) is 11.7. The number of nitrogens with one attached hydrogen (secondary N) is 1. The summed E-state index contributed by atoms with van der Waals surface area (Å²) in [5, 5.41) is 3.18. The van der Waals surface area contributed by atoms with Gasteiger partial charge in [-0.2, -0.15) is 4.31 Å². The molecule has 3 rings (SSSR count). The van der Waals surface area contributed by atoms with Crippen LogP contribution in [0.4, 0.5) is 0 Å². The van der Waals surface area contributed by atoms with Crippen LogP contribution in [0.1, 0.15) is 30.9 Å². The number of carbonyl (C=O) groups excluding carboxylic acids is 1. The smallest absolute Gasteiger partial charge is 0.246 e. The van der Waals surface area contributed by atoms with Gasteiger partial charge in [0.05, 0.1) is 16.7 Å². The topological polar surface area (TPSA) is 79.0 Å². The first-order chi connectivity index (χ1) is 17.0. The number of hydrogen-bond acceptors (Lipinski definition) is 5. The fourth-order valence-corrected chi connectivity index (χ4v) is 7.39. The van der Waals surface area contributed by atoms with Crippen molar-refractivity contribution < 1.29 is 17.9 Å². The molecule has 36 heavy (non-hydrogen) atoms. The second-order valence-electron chi connectivity index (χ2n) is 9.23. The van der Waals surface area contributed by atoms with Crippen molar-refractivity contribution in [3.63, 3.8) is 0 Å². The van der Waals surface area contributed by atoms with Crippen LogP contribution in [0.5, 0.6) is 0 Å². The van der Waals surface area contributed by atoms with Crippen molar-refractivity contribution in [2.24, 2.45) is 5.92 Å². The van der Waals surface area contributed by atoms with E-state index in [1.807, 2.05) is 6.07 Å². The van der Waals surface area contributed by atoms with Gasteiger partial charge in [0.15, 0.2) is 0 Å². The molecule has 0 spiro atoms. The quantitative estimate of drug-likeness (QED) is 0.386. The van der Waals surface area contributed by atoms with E-state index in [-0.39, 0.29) is 51.7 Å². The standard InChI is InChI=1S/C25H32Cl3N3O4S/c1-30(2)24(17-7-5-4-6-8-17)18-9-10-20(13-18)29-23(32)16-35-12-11-31(3)36(33,34)25-21(27)14-19(26)15-22(25)28/h4-8,14-15,18,20,24H,9-13,16H2,1-3H3,(H,29,32). The van der Waals surface area contributed by atoms with Crippen LogP contribution in [0.15, 0.2) is 47.4 Å². The molecule has 1 aliphatic rings. The predicted octanol–water partition coefficient (Wildman–Crippen LogP) is 4.87. The molecule has 2 aromatic rings. The molecule has 0 radical (unpaired) electrons. The number of ether oxygens (including phenoxy) is 1. The van der Waals surface area contributed by atoms with Gasteiger partial charge in [-0.3, -0.25) is 4.79 Å². The molecule has 1 fully saturated rings. The average molecular weight is 577 g/mol. The van der Waals surface area contributed by atoms with Gasteiger partial charge in [-0.1, -0.05) is 65.1 Å². The Hall–Kier alpha value is -1.39. The van der Waals surface area contributed by atoms with Crippen LogP contribution in [0.3, 0.4) is 0 Å². The summed E-state index contributed by atoms with van der Waals surface area (Å²) in [6, 6.07) is 13.5. The molecule has 7 nitrogen and oxygen atoms in total. The first-order valence-corrected chi connectivity index (χ1v) is 14.3. The fraction of sp³-hybridized carbons (Fsp3) is 0.480. The highest BCUT2D eigenvalue weighted by Gasteiger charge is 2.33. The summed E-state index contributed by atoms with van der Waals surface area (Å²) < 4.78 is 32.2. The van der Waals surface area contributed by atoms with Gasteiger partial charge in [-0.05, 0) is 57.0 Å². The Morgan fingerprint density at radius 1 is 1.08 bits per heavy atom. The number of likely N-dealkylation sites (N-methyl/N-ethyl adjacent to an activating group) is 1. The van der Waals surface area contributed by atoms with E-state index in [1.165, 1.54) is 24.7 Å². The van der Waals surface area contributed by atoms with E-state index in [2.05, 4.69) is 48.6 Å². The molecule has 1 aliphatic carbocycles. The molecule has 0 aliphatic heterocycles. The lowest BCUT2D eigenvalue weighted by Gasteiger charge is -2.30. The van der Waals surface area contributed by atoms with Crippen molar-refractivity contribution >= 4 is 50.7 Å². The highest BCUT2D eigenvalue weighted by Crippen LogP contribution is 2.38. The highest BCUT2D eigenvalue weighted by molar-refractivity contribution is 7.89. The minimum atomic E-state index is -3.95. The first kappa shape index (κ1) is 29.2. The van der Waals surface area contributed by atoms with Crippen LogP contribution in [-0.2, 0) is 19.6 Å². The van der Waals surface area contributed by atoms with Crippen molar-refractivity contribution in [2.75, 3.05) is 40.9 Å². The summed E-state index contributed by atoms with van der Waals surface area (Å²) in [5.41, 5.74) is 1.28. The molecule has 11 heteroatoms. The van der Waals surface area contributed by atoms with Crippen molar-refractivity contribution in [1.29, 1.82) is 0 Å². The zero-order chi connectivity index (χ0) is 26.5. The number of hydrogen-bond donors (Lipinski definition) is 1. The lowest BCUT2D eigenvalue weighted by molar-refractivity contribution is -0.126. The lowest BCUT2D eigenvalue weighted by Crippen LogP contribution is -2.37. The monoisotopic (exact) mass is 575 g/mol. The molecule has 0 heterocycles. The summed E-state index contributed by atoms with van der Waals surface area (Å²) in [5.74, 6) is 0.232. The Bertz CT molecular complexity index is 1130. The van der Waals surface area contributed by atoms with Gasteiger partial charge in [-0.25, -0.2) is 8.42 Å². The number of rotatable bonds is 11. The number of halogens is 3.